The Kier molecular flexibility index (Phi) is 9.90. The zero-order chi connectivity index (χ0) is 15.8. The van der Waals surface area contributed by atoms with Gasteiger partial charge in [0.25, 0.3) is 0 Å². The zero-order valence-electron chi connectivity index (χ0n) is 14.0. The molecule has 1 aromatic rings. The van der Waals surface area contributed by atoms with Crippen molar-refractivity contribution in [2.24, 2.45) is 4.99 Å². The van der Waals surface area contributed by atoms with Crippen LogP contribution in [0.3, 0.4) is 0 Å². The first-order valence-electron chi connectivity index (χ1n) is 8.23. The fraction of sp³-hybridized carbons (Fsp3) is 0.588. The highest BCUT2D eigenvalue weighted by molar-refractivity contribution is 14.0. The van der Waals surface area contributed by atoms with Gasteiger partial charge < -0.3 is 10.6 Å². The molecule has 0 atom stereocenters. The number of benzene rings is 1. The summed E-state index contributed by atoms with van der Waals surface area (Å²) >= 11 is 6.01. The molecule has 6 heteroatoms. The Balaban J connectivity index is 0.00000264. The van der Waals surface area contributed by atoms with Crippen molar-refractivity contribution in [2.75, 3.05) is 26.2 Å². The van der Waals surface area contributed by atoms with Crippen LogP contribution < -0.4 is 10.6 Å². The molecule has 1 aliphatic carbocycles. The molecule has 0 unspecified atom stereocenters. The molecule has 0 saturated heterocycles. The van der Waals surface area contributed by atoms with Crippen molar-refractivity contribution in [3.63, 3.8) is 0 Å². The second-order valence-corrected chi connectivity index (χ2v) is 6.05. The molecule has 1 aromatic carbocycles. The predicted molar refractivity (Wildman–Crippen MR) is 110 cm³/mol. The lowest BCUT2D eigenvalue weighted by Gasteiger charge is -2.20. The third-order valence-corrected chi connectivity index (χ3v) is 4.05. The molecule has 2 N–H and O–H groups in total. The Morgan fingerprint density at radius 3 is 2.70 bits per heavy atom. The first kappa shape index (κ1) is 20.5. The third kappa shape index (κ3) is 7.72. The van der Waals surface area contributed by atoms with Crippen LogP contribution in [0.2, 0.25) is 5.02 Å². The monoisotopic (exact) mass is 450 g/mol. The molecular formula is C17H28ClIN4. The van der Waals surface area contributed by atoms with E-state index in [1.54, 1.807) is 0 Å². The SMILES string of the molecule is CCNC(=NCc1cccc(Cl)c1)NCCN(CC)C1CC1.I. The van der Waals surface area contributed by atoms with Gasteiger partial charge in [-0.3, -0.25) is 4.90 Å². The van der Waals surface area contributed by atoms with Gasteiger partial charge in [-0.05, 0) is 44.0 Å². The fourth-order valence-electron chi connectivity index (χ4n) is 2.50. The number of likely N-dealkylation sites (N-methyl/N-ethyl adjacent to an activating group) is 1. The lowest BCUT2D eigenvalue weighted by Crippen LogP contribution is -2.42. The lowest BCUT2D eigenvalue weighted by atomic mass is 10.2. The number of rotatable bonds is 8. The summed E-state index contributed by atoms with van der Waals surface area (Å²) in [6, 6.07) is 8.67. The molecule has 0 radical (unpaired) electrons. The molecular weight excluding hydrogens is 423 g/mol. The molecule has 0 amide bonds. The van der Waals surface area contributed by atoms with E-state index in [4.69, 9.17) is 11.6 Å². The summed E-state index contributed by atoms with van der Waals surface area (Å²) in [6.45, 7) is 8.93. The average molecular weight is 451 g/mol. The van der Waals surface area contributed by atoms with Gasteiger partial charge >= 0.3 is 0 Å². The zero-order valence-corrected chi connectivity index (χ0v) is 17.1. The van der Waals surface area contributed by atoms with Crippen LogP contribution in [-0.4, -0.2) is 43.1 Å². The molecule has 1 fully saturated rings. The summed E-state index contributed by atoms with van der Waals surface area (Å²) in [7, 11) is 0. The first-order chi connectivity index (χ1) is 10.7. The van der Waals surface area contributed by atoms with Crippen molar-refractivity contribution < 1.29 is 0 Å². The van der Waals surface area contributed by atoms with Crippen LogP contribution in [0.5, 0.6) is 0 Å². The van der Waals surface area contributed by atoms with Crippen LogP contribution in [0.4, 0.5) is 0 Å². The molecule has 130 valence electrons. The van der Waals surface area contributed by atoms with Gasteiger partial charge in [0, 0.05) is 30.7 Å². The van der Waals surface area contributed by atoms with E-state index in [9.17, 15) is 0 Å². The van der Waals surface area contributed by atoms with Crippen molar-refractivity contribution in [3.8, 4) is 0 Å². The molecule has 1 saturated carbocycles. The van der Waals surface area contributed by atoms with Gasteiger partial charge in [-0.2, -0.15) is 0 Å². The highest BCUT2D eigenvalue weighted by Crippen LogP contribution is 2.25. The number of aliphatic imine (C=N–C) groups is 1. The minimum absolute atomic E-state index is 0. The van der Waals surface area contributed by atoms with Gasteiger partial charge in [0.15, 0.2) is 5.96 Å². The maximum absolute atomic E-state index is 6.01. The molecule has 23 heavy (non-hydrogen) atoms. The largest absolute Gasteiger partial charge is 0.357 e. The van der Waals surface area contributed by atoms with Gasteiger partial charge in [0.2, 0.25) is 0 Å². The van der Waals surface area contributed by atoms with Crippen LogP contribution in [0.15, 0.2) is 29.3 Å². The summed E-state index contributed by atoms with van der Waals surface area (Å²) in [4.78, 5) is 7.16. The van der Waals surface area contributed by atoms with Crippen molar-refractivity contribution in [1.29, 1.82) is 0 Å². The first-order valence-corrected chi connectivity index (χ1v) is 8.61. The summed E-state index contributed by atoms with van der Waals surface area (Å²) in [5.41, 5.74) is 1.12. The number of nitrogens with zero attached hydrogens (tertiary/aromatic N) is 2. The number of halogens is 2. The van der Waals surface area contributed by atoms with Gasteiger partial charge in [0.1, 0.15) is 0 Å². The molecule has 0 spiro atoms. The normalized spacial score (nSPS) is 14.5. The quantitative estimate of drug-likeness (QED) is 0.362. The van der Waals surface area contributed by atoms with E-state index in [1.165, 1.54) is 12.8 Å². The molecule has 0 aromatic heterocycles. The fourth-order valence-corrected chi connectivity index (χ4v) is 2.72. The Morgan fingerprint density at radius 2 is 2.09 bits per heavy atom. The Bertz CT molecular complexity index is 491. The minimum Gasteiger partial charge on any atom is -0.357 e. The summed E-state index contributed by atoms with van der Waals surface area (Å²) in [6.07, 6.45) is 2.72. The second-order valence-electron chi connectivity index (χ2n) is 5.61. The standard InChI is InChI=1S/C17H27ClN4.HI/c1-3-19-17(20-10-11-22(4-2)16-8-9-16)21-13-14-6-5-7-15(18)12-14;/h5-7,12,16H,3-4,8-11,13H2,1-2H3,(H2,19,20,21);1H. The van der Waals surface area contributed by atoms with Crippen molar-refractivity contribution in [1.82, 2.24) is 15.5 Å². The molecule has 0 bridgehead atoms. The smallest absolute Gasteiger partial charge is 0.191 e. The van der Waals surface area contributed by atoms with Gasteiger partial charge in [-0.1, -0.05) is 30.7 Å². The minimum atomic E-state index is 0. The van der Waals surface area contributed by atoms with E-state index in [-0.39, 0.29) is 24.0 Å². The highest BCUT2D eigenvalue weighted by Gasteiger charge is 2.27. The summed E-state index contributed by atoms with van der Waals surface area (Å²) < 4.78 is 0. The van der Waals surface area contributed by atoms with Crippen LogP contribution in [0.1, 0.15) is 32.3 Å². The van der Waals surface area contributed by atoms with Crippen LogP contribution in [0, 0.1) is 0 Å². The molecule has 2 rings (SSSR count). The molecule has 4 nitrogen and oxygen atoms in total. The highest BCUT2D eigenvalue weighted by atomic mass is 127. The maximum Gasteiger partial charge on any atom is 0.191 e. The predicted octanol–water partition coefficient (Wildman–Crippen LogP) is 3.50. The second kappa shape index (κ2) is 11.1. The number of guanidine groups is 1. The number of hydrogen-bond acceptors (Lipinski definition) is 2. The van der Waals surface area contributed by atoms with Crippen LogP contribution >= 0.6 is 35.6 Å². The van der Waals surface area contributed by atoms with E-state index in [0.717, 1.165) is 48.8 Å². The maximum atomic E-state index is 6.01. The van der Waals surface area contributed by atoms with Crippen molar-refractivity contribution >= 4 is 41.5 Å². The number of hydrogen-bond donors (Lipinski definition) is 2. The van der Waals surface area contributed by atoms with E-state index >= 15 is 0 Å². The Hall–Kier alpha value is -0.530. The van der Waals surface area contributed by atoms with Gasteiger partial charge in [0.05, 0.1) is 6.54 Å². The third-order valence-electron chi connectivity index (χ3n) is 3.81. The molecule has 0 aliphatic heterocycles. The summed E-state index contributed by atoms with van der Waals surface area (Å²) in [5.74, 6) is 0.870. The Morgan fingerprint density at radius 1 is 1.30 bits per heavy atom. The van der Waals surface area contributed by atoms with E-state index in [2.05, 4.69) is 34.4 Å². The van der Waals surface area contributed by atoms with E-state index in [1.807, 2.05) is 24.3 Å². The molecule has 1 aliphatic rings. The molecule has 0 heterocycles. The van der Waals surface area contributed by atoms with E-state index in [0.29, 0.717) is 6.54 Å². The van der Waals surface area contributed by atoms with Gasteiger partial charge in [-0.15, -0.1) is 24.0 Å². The topological polar surface area (TPSA) is 39.7 Å². The lowest BCUT2D eigenvalue weighted by molar-refractivity contribution is 0.282. The summed E-state index contributed by atoms with van der Waals surface area (Å²) in [5, 5.41) is 7.47. The van der Waals surface area contributed by atoms with Crippen LogP contribution in [0.25, 0.3) is 0 Å². The number of nitrogens with one attached hydrogen (secondary N) is 2. The van der Waals surface area contributed by atoms with Gasteiger partial charge in [-0.25, -0.2) is 4.99 Å². The van der Waals surface area contributed by atoms with Crippen molar-refractivity contribution in [2.45, 2.75) is 39.3 Å². The Labute approximate surface area is 162 Å². The van der Waals surface area contributed by atoms with Crippen molar-refractivity contribution in [3.05, 3.63) is 34.9 Å². The average Bonchev–Trinajstić information content (AvgIpc) is 3.34. The van der Waals surface area contributed by atoms with Crippen LogP contribution in [-0.2, 0) is 6.54 Å². The van der Waals surface area contributed by atoms with E-state index < -0.39 is 0 Å².